The molecule has 0 unspecified atom stereocenters. The van der Waals surface area contributed by atoms with E-state index in [9.17, 15) is 18.7 Å². The molecule has 1 rings (SSSR count). The summed E-state index contributed by atoms with van der Waals surface area (Å²) in [7, 11) is 2.83. The van der Waals surface area contributed by atoms with Gasteiger partial charge in [0, 0.05) is 11.6 Å². The van der Waals surface area contributed by atoms with E-state index in [4.69, 9.17) is 9.47 Å². The predicted molar refractivity (Wildman–Crippen MR) is 61.2 cm³/mol. The van der Waals surface area contributed by atoms with Crippen molar-refractivity contribution in [3.63, 3.8) is 0 Å². The second-order valence-electron chi connectivity index (χ2n) is 3.30. The third-order valence-electron chi connectivity index (χ3n) is 2.17. The number of aliphatic hydroxyl groups excluding tert-OH is 1. The lowest BCUT2D eigenvalue weighted by Gasteiger charge is -2.09. The van der Waals surface area contributed by atoms with Gasteiger partial charge in [0.05, 0.1) is 14.2 Å². The Morgan fingerprint density at radius 1 is 1.28 bits per heavy atom. The average Bonchev–Trinajstić information content (AvgIpc) is 2.37. The van der Waals surface area contributed by atoms with Crippen LogP contribution in [-0.2, 0) is 4.79 Å². The van der Waals surface area contributed by atoms with Gasteiger partial charge in [-0.25, -0.2) is 8.78 Å². The van der Waals surface area contributed by atoms with Gasteiger partial charge in [0.2, 0.25) is 5.78 Å². The first kappa shape index (κ1) is 14.0. The molecule has 0 aliphatic carbocycles. The number of carbonyl (C=O) groups excluding carboxylic acids is 1. The highest BCUT2D eigenvalue weighted by Crippen LogP contribution is 2.29. The van der Waals surface area contributed by atoms with Crippen LogP contribution in [0.25, 0.3) is 5.76 Å². The van der Waals surface area contributed by atoms with Gasteiger partial charge >= 0.3 is 0 Å². The van der Waals surface area contributed by atoms with Crippen molar-refractivity contribution in [1.29, 1.82) is 0 Å². The molecule has 18 heavy (non-hydrogen) atoms. The van der Waals surface area contributed by atoms with E-state index < -0.39 is 18.0 Å². The quantitative estimate of drug-likeness (QED) is 0.651. The van der Waals surface area contributed by atoms with Gasteiger partial charge in [-0.15, -0.1) is 0 Å². The zero-order valence-electron chi connectivity index (χ0n) is 9.81. The molecule has 1 aromatic carbocycles. The fourth-order valence-corrected chi connectivity index (χ4v) is 1.28. The Morgan fingerprint density at radius 2 is 1.89 bits per heavy atom. The summed E-state index contributed by atoms with van der Waals surface area (Å²) in [6.07, 6.45) is -2.67. The van der Waals surface area contributed by atoms with Gasteiger partial charge in [0.15, 0.2) is 11.5 Å². The molecule has 0 spiro atoms. The molecular weight excluding hydrogens is 246 g/mol. The monoisotopic (exact) mass is 258 g/mol. The maximum absolute atomic E-state index is 12.0. The number of rotatable bonds is 5. The molecule has 1 N–H and O–H groups in total. The molecule has 98 valence electrons. The van der Waals surface area contributed by atoms with Gasteiger partial charge in [0.1, 0.15) is 5.76 Å². The maximum atomic E-state index is 12.0. The lowest BCUT2D eigenvalue weighted by Crippen LogP contribution is -2.06. The van der Waals surface area contributed by atoms with Crippen LogP contribution in [0.4, 0.5) is 8.78 Å². The summed E-state index contributed by atoms with van der Waals surface area (Å²) in [4.78, 5) is 10.8. The number of hydrogen-bond acceptors (Lipinski definition) is 4. The van der Waals surface area contributed by atoms with E-state index in [1.165, 1.54) is 32.4 Å². The molecule has 0 aliphatic rings. The zero-order chi connectivity index (χ0) is 13.7. The first-order chi connectivity index (χ1) is 8.49. The summed E-state index contributed by atoms with van der Waals surface area (Å²) in [5.41, 5.74) is 0.182. The summed E-state index contributed by atoms with van der Waals surface area (Å²) in [6, 6.07) is 4.29. The van der Waals surface area contributed by atoms with Crippen molar-refractivity contribution in [2.24, 2.45) is 0 Å². The molecule has 0 radical (unpaired) electrons. The summed E-state index contributed by atoms with van der Waals surface area (Å²) >= 11 is 0. The number of alkyl halides is 2. The standard InChI is InChI=1S/C12H12F2O4/c1-17-10-4-3-7(5-11(10)18-2)8(15)6-9(16)12(13)14/h3-6,12,15H,1-2H3/b8-6-. The summed E-state index contributed by atoms with van der Waals surface area (Å²) < 4.78 is 34.0. The van der Waals surface area contributed by atoms with Crippen LogP contribution in [0.5, 0.6) is 11.5 Å². The number of benzene rings is 1. The Kier molecular flexibility index (Phi) is 4.65. The molecular formula is C12H12F2O4. The maximum Gasteiger partial charge on any atom is 0.300 e. The van der Waals surface area contributed by atoms with E-state index in [0.717, 1.165) is 0 Å². The van der Waals surface area contributed by atoms with Crippen molar-refractivity contribution in [3.8, 4) is 11.5 Å². The molecule has 6 heteroatoms. The molecule has 0 heterocycles. The van der Waals surface area contributed by atoms with Gasteiger partial charge in [0.25, 0.3) is 6.43 Å². The minimum absolute atomic E-state index is 0.182. The Bertz CT molecular complexity index is 469. The van der Waals surface area contributed by atoms with E-state index in [1.54, 1.807) is 0 Å². The predicted octanol–water partition coefficient (Wildman–Crippen LogP) is 2.44. The molecule has 0 amide bonds. The Labute approximate surface area is 102 Å². The van der Waals surface area contributed by atoms with Crippen LogP contribution in [0.2, 0.25) is 0 Å². The number of carbonyl (C=O) groups is 1. The van der Waals surface area contributed by atoms with E-state index in [2.05, 4.69) is 0 Å². The summed E-state index contributed by atoms with van der Waals surface area (Å²) in [5.74, 6) is -1.27. The van der Waals surface area contributed by atoms with E-state index >= 15 is 0 Å². The van der Waals surface area contributed by atoms with Crippen LogP contribution in [0.1, 0.15) is 5.56 Å². The SMILES string of the molecule is COc1ccc(/C(O)=C/C(=O)C(F)F)cc1OC. The first-order valence-electron chi connectivity index (χ1n) is 4.94. The topological polar surface area (TPSA) is 55.8 Å². The number of ketones is 1. The third kappa shape index (κ3) is 3.19. The molecule has 0 fully saturated rings. The van der Waals surface area contributed by atoms with E-state index in [-0.39, 0.29) is 5.56 Å². The van der Waals surface area contributed by atoms with E-state index in [0.29, 0.717) is 17.6 Å². The second kappa shape index (κ2) is 6.00. The number of ether oxygens (including phenoxy) is 2. The number of allylic oxidation sites excluding steroid dienone is 1. The van der Waals surface area contributed by atoms with Gasteiger partial charge in [-0.2, -0.15) is 0 Å². The van der Waals surface area contributed by atoms with Gasteiger partial charge in [-0.3, -0.25) is 4.79 Å². The van der Waals surface area contributed by atoms with Gasteiger partial charge in [-0.05, 0) is 18.2 Å². The van der Waals surface area contributed by atoms with Crippen LogP contribution in [0.15, 0.2) is 24.3 Å². The molecule has 0 saturated heterocycles. The average molecular weight is 258 g/mol. The Hall–Kier alpha value is -2.11. The van der Waals surface area contributed by atoms with Crippen LogP contribution in [0, 0.1) is 0 Å². The van der Waals surface area contributed by atoms with Crippen molar-refractivity contribution in [3.05, 3.63) is 29.8 Å². The molecule has 0 bridgehead atoms. The smallest absolute Gasteiger partial charge is 0.300 e. The van der Waals surface area contributed by atoms with E-state index in [1.807, 2.05) is 0 Å². The highest BCUT2D eigenvalue weighted by molar-refractivity contribution is 5.97. The molecule has 1 aromatic rings. The highest BCUT2D eigenvalue weighted by atomic mass is 19.3. The zero-order valence-corrected chi connectivity index (χ0v) is 9.81. The van der Waals surface area contributed by atoms with Crippen LogP contribution < -0.4 is 9.47 Å². The number of aliphatic hydroxyl groups is 1. The number of methoxy groups -OCH3 is 2. The van der Waals surface area contributed by atoms with Crippen molar-refractivity contribution in [2.75, 3.05) is 14.2 Å². The van der Waals surface area contributed by atoms with Crippen molar-refractivity contribution in [2.45, 2.75) is 6.43 Å². The van der Waals surface area contributed by atoms with Gasteiger partial charge < -0.3 is 14.6 Å². The normalized spacial score (nSPS) is 11.5. The molecule has 0 saturated carbocycles. The van der Waals surface area contributed by atoms with Crippen LogP contribution in [0.3, 0.4) is 0 Å². The molecule has 0 atom stereocenters. The summed E-state index contributed by atoms with van der Waals surface area (Å²) in [6.45, 7) is 0. The summed E-state index contributed by atoms with van der Waals surface area (Å²) in [5, 5.41) is 9.53. The Balaban J connectivity index is 3.07. The van der Waals surface area contributed by atoms with Gasteiger partial charge in [-0.1, -0.05) is 0 Å². The third-order valence-corrected chi connectivity index (χ3v) is 2.17. The minimum atomic E-state index is -3.15. The minimum Gasteiger partial charge on any atom is -0.507 e. The fraction of sp³-hybridized carbons (Fsp3) is 0.250. The highest BCUT2D eigenvalue weighted by Gasteiger charge is 2.15. The van der Waals surface area contributed by atoms with Crippen molar-refractivity contribution >= 4 is 11.5 Å². The largest absolute Gasteiger partial charge is 0.507 e. The number of hydrogen-bond donors (Lipinski definition) is 1. The molecule has 0 aromatic heterocycles. The number of halogens is 2. The molecule has 0 aliphatic heterocycles. The van der Waals surface area contributed by atoms with Crippen molar-refractivity contribution < 1.29 is 28.2 Å². The second-order valence-corrected chi connectivity index (χ2v) is 3.30. The van der Waals surface area contributed by atoms with Crippen LogP contribution >= 0.6 is 0 Å². The fourth-order valence-electron chi connectivity index (χ4n) is 1.28. The first-order valence-corrected chi connectivity index (χ1v) is 4.94. The lowest BCUT2D eigenvalue weighted by molar-refractivity contribution is -0.124. The van der Waals surface area contributed by atoms with Crippen LogP contribution in [-0.4, -0.2) is 31.5 Å². The Morgan fingerprint density at radius 3 is 2.39 bits per heavy atom. The lowest BCUT2D eigenvalue weighted by atomic mass is 10.1. The molecule has 4 nitrogen and oxygen atoms in total. The van der Waals surface area contributed by atoms with Crippen molar-refractivity contribution in [1.82, 2.24) is 0 Å².